The highest BCUT2D eigenvalue weighted by atomic mass is 16.5. The fourth-order valence-corrected chi connectivity index (χ4v) is 2.74. The smallest absolute Gasteiger partial charge is 0.279 e. The SMILES string of the molecule is CCOc1nc2cc(C)c(C)cc2nc1C(=O)Nc1cccc(CC)c1. The second-order valence-corrected chi connectivity index (χ2v) is 6.24. The van der Waals surface area contributed by atoms with Crippen LogP contribution in [0.4, 0.5) is 5.69 Å². The highest BCUT2D eigenvalue weighted by Gasteiger charge is 2.18. The number of aromatic nitrogens is 2. The number of rotatable bonds is 5. The summed E-state index contributed by atoms with van der Waals surface area (Å²) in [5, 5.41) is 2.90. The Kier molecular flexibility index (Phi) is 5.16. The van der Waals surface area contributed by atoms with Gasteiger partial charge < -0.3 is 10.1 Å². The van der Waals surface area contributed by atoms with Gasteiger partial charge in [0.25, 0.3) is 5.91 Å². The van der Waals surface area contributed by atoms with Gasteiger partial charge in [0.2, 0.25) is 5.88 Å². The first-order chi connectivity index (χ1) is 12.5. The van der Waals surface area contributed by atoms with Crippen molar-refractivity contribution < 1.29 is 9.53 Å². The third-order valence-corrected chi connectivity index (χ3v) is 4.34. The van der Waals surface area contributed by atoms with Gasteiger partial charge in [-0.3, -0.25) is 4.79 Å². The molecule has 0 aliphatic rings. The van der Waals surface area contributed by atoms with Gasteiger partial charge in [-0.15, -0.1) is 0 Å². The van der Waals surface area contributed by atoms with Crippen molar-refractivity contribution in [2.75, 3.05) is 11.9 Å². The Labute approximate surface area is 153 Å². The average Bonchev–Trinajstić information content (AvgIpc) is 2.63. The van der Waals surface area contributed by atoms with Crippen LogP contribution in [0.1, 0.15) is 41.0 Å². The molecule has 134 valence electrons. The van der Waals surface area contributed by atoms with E-state index in [-0.39, 0.29) is 17.5 Å². The third kappa shape index (κ3) is 3.67. The van der Waals surface area contributed by atoms with Crippen molar-refractivity contribution in [2.45, 2.75) is 34.1 Å². The Morgan fingerprint density at radius 1 is 1.04 bits per heavy atom. The predicted molar refractivity (Wildman–Crippen MR) is 104 cm³/mol. The van der Waals surface area contributed by atoms with E-state index in [2.05, 4.69) is 22.2 Å². The van der Waals surface area contributed by atoms with E-state index in [1.807, 2.05) is 57.2 Å². The summed E-state index contributed by atoms with van der Waals surface area (Å²) in [5.41, 5.74) is 5.73. The summed E-state index contributed by atoms with van der Waals surface area (Å²) >= 11 is 0. The second kappa shape index (κ2) is 7.52. The van der Waals surface area contributed by atoms with Gasteiger partial charge in [0.05, 0.1) is 17.6 Å². The third-order valence-electron chi connectivity index (χ3n) is 4.34. The van der Waals surface area contributed by atoms with Gasteiger partial charge in [-0.2, -0.15) is 0 Å². The van der Waals surface area contributed by atoms with E-state index in [0.29, 0.717) is 12.1 Å². The molecular weight excluding hydrogens is 326 g/mol. The van der Waals surface area contributed by atoms with Crippen LogP contribution in [-0.2, 0) is 6.42 Å². The molecule has 0 spiro atoms. The fraction of sp³-hybridized carbons (Fsp3) is 0.286. The summed E-state index contributed by atoms with van der Waals surface area (Å²) in [4.78, 5) is 21.9. The first-order valence-corrected chi connectivity index (χ1v) is 8.84. The molecule has 1 heterocycles. The lowest BCUT2D eigenvalue weighted by atomic mass is 10.1. The molecule has 0 aliphatic heterocycles. The molecule has 0 aliphatic carbocycles. The van der Waals surface area contributed by atoms with E-state index in [1.54, 1.807) is 0 Å². The standard InChI is InChI=1S/C21H23N3O2/c1-5-15-8-7-9-16(12-15)22-20(25)19-21(26-6-2)24-18-11-14(4)13(3)10-17(18)23-19/h7-12H,5-6H2,1-4H3,(H,22,25). The molecule has 0 bridgehead atoms. The van der Waals surface area contributed by atoms with Crippen LogP contribution < -0.4 is 10.1 Å². The molecule has 2 aromatic carbocycles. The molecule has 3 rings (SSSR count). The van der Waals surface area contributed by atoms with Crippen LogP contribution in [0.15, 0.2) is 36.4 Å². The van der Waals surface area contributed by atoms with E-state index in [4.69, 9.17) is 4.74 Å². The van der Waals surface area contributed by atoms with Gasteiger partial charge in [-0.05, 0) is 68.1 Å². The van der Waals surface area contributed by atoms with Gasteiger partial charge in [-0.25, -0.2) is 9.97 Å². The van der Waals surface area contributed by atoms with Crippen LogP contribution in [0, 0.1) is 13.8 Å². The molecule has 1 N–H and O–H groups in total. The van der Waals surface area contributed by atoms with E-state index in [0.717, 1.165) is 34.3 Å². The van der Waals surface area contributed by atoms with Crippen molar-refractivity contribution in [1.29, 1.82) is 0 Å². The summed E-state index contributed by atoms with van der Waals surface area (Å²) in [6.07, 6.45) is 0.905. The van der Waals surface area contributed by atoms with E-state index in [9.17, 15) is 4.79 Å². The van der Waals surface area contributed by atoms with Crippen molar-refractivity contribution >= 4 is 22.6 Å². The van der Waals surface area contributed by atoms with Crippen LogP contribution in [-0.4, -0.2) is 22.5 Å². The largest absolute Gasteiger partial charge is 0.476 e. The van der Waals surface area contributed by atoms with Crippen molar-refractivity contribution in [2.24, 2.45) is 0 Å². The fourth-order valence-electron chi connectivity index (χ4n) is 2.74. The van der Waals surface area contributed by atoms with Gasteiger partial charge >= 0.3 is 0 Å². The summed E-state index contributed by atoms with van der Waals surface area (Å²) in [6.45, 7) is 8.39. The highest BCUT2D eigenvalue weighted by molar-refractivity contribution is 6.05. The molecule has 0 unspecified atom stereocenters. The second-order valence-electron chi connectivity index (χ2n) is 6.24. The monoisotopic (exact) mass is 349 g/mol. The minimum atomic E-state index is -0.325. The van der Waals surface area contributed by atoms with Gasteiger partial charge in [0, 0.05) is 5.69 Å². The molecular formula is C21H23N3O2. The molecule has 1 aromatic heterocycles. The van der Waals surface area contributed by atoms with Crippen LogP contribution in [0.2, 0.25) is 0 Å². The number of nitrogens with one attached hydrogen (secondary N) is 1. The zero-order valence-corrected chi connectivity index (χ0v) is 15.6. The van der Waals surface area contributed by atoms with E-state index < -0.39 is 0 Å². The summed E-state index contributed by atoms with van der Waals surface area (Å²) in [6, 6.07) is 11.7. The topological polar surface area (TPSA) is 64.1 Å². The predicted octanol–water partition coefficient (Wildman–Crippen LogP) is 4.46. The van der Waals surface area contributed by atoms with E-state index >= 15 is 0 Å². The number of benzene rings is 2. The number of hydrogen-bond acceptors (Lipinski definition) is 4. The zero-order chi connectivity index (χ0) is 18.7. The zero-order valence-electron chi connectivity index (χ0n) is 15.6. The first-order valence-electron chi connectivity index (χ1n) is 8.84. The molecule has 0 fully saturated rings. The molecule has 0 atom stereocenters. The lowest BCUT2D eigenvalue weighted by Gasteiger charge is -2.12. The Morgan fingerprint density at radius 3 is 2.38 bits per heavy atom. The van der Waals surface area contributed by atoms with Crippen LogP contribution in [0.3, 0.4) is 0 Å². The summed E-state index contributed by atoms with van der Waals surface area (Å²) < 4.78 is 5.58. The molecule has 0 saturated heterocycles. The normalized spacial score (nSPS) is 10.8. The van der Waals surface area contributed by atoms with Crippen LogP contribution >= 0.6 is 0 Å². The van der Waals surface area contributed by atoms with Crippen molar-refractivity contribution in [1.82, 2.24) is 9.97 Å². The minimum Gasteiger partial charge on any atom is -0.476 e. The molecule has 5 nitrogen and oxygen atoms in total. The minimum absolute atomic E-state index is 0.199. The summed E-state index contributed by atoms with van der Waals surface area (Å²) in [5.74, 6) is -0.0678. The van der Waals surface area contributed by atoms with Crippen molar-refractivity contribution in [3.63, 3.8) is 0 Å². The number of fused-ring (bicyclic) bond motifs is 1. The highest BCUT2D eigenvalue weighted by Crippen LogP contribution is 2.23. The molecule has 5 heteroatoms. The number of nitrogens with zero attached hydrogens (tertiary/aromatic N) is 2. The van der Waals surface area contributed by atoms with Gasteiger partial charge in [-0.1, -0.05) is 19.1 Å². The van der Waals surface area contributed by atoms with Crippen molar-refractivity contribution in [3.8, 4) is 5.88 Å². The molecule has 1 amide bonds. The number of amides is 1. The average molecular weight is 349 g/mol. The number of carbonyl (C=O) groups is 1. The molecule has 3 aromatic rings. The van der Waals surface area contributed by atoms with E-state index in [1.165, 1.54) is 0 Å². The van der Waals surface area contributed by atoms with Crippen LogP contribution in [0.5, 0.6) is 5.88 Å². The Balaban J connectivity index is 2.02. The Morgan fingerprint density at radius 2 is 1.73 bits per heavy atom. The lowest BCUT2D eigenvalue weighted by Crippen LogP contribution is -2.17. The number of aryl methyl sites for hydroxylation is 3. The number of ether oxygens (including phenoxy) is 1. The number of hydrogen-bond donors (Lipinski definition) is 1. The first kappa shape index (κ1) is 17.9. The summed E-state index contributed by atoms with van der Waals surface area (Å²) in [7, 11) is 0. The molecule has 0 saturated carbocycles. The van der Waals surface area contributed by atoms with Gasteiger partial charge in [0.15, 0.2) is 5.69 Å². The Hall–Kier alpha value is -2.95. The maximum atomic E-state index is 12.8. The van der Waals surface area contributed by atoms with Crippen LogP contribution in [0.25, 0.3) is 11.0 Å². The maximum absolute atomic E-state index is 12.8. The molecule has 26 heavy (non-hydrogen) atoms. The maximum Gasteiger partial charge on any atom is 0.279 e. The van der Waals surface area contributed by atoms with Crippen molar-refractivity contribution in [3.05, 3.63) is 58.8 Å². The quantitative estimate of drug-likeness (QED) is 0.738. The number of anilines is 1. The lowest BCUT2D eigenvalue weighted by molar-refractivity contribution is 0.101. The molecule has 0 radical (unpaired) electrons. The Bertz CT molecular complexity index is 967. The van der Waals surface area contributed by atoms with Gasteiger partial charge in [0.1, 0.15) is 0 Å². The number of carbonyl (C=O) groups excluding carboxylic acids is 1.